The summed E-state index contributed by atoms with van der Waals surface area (Å²) in [5.74, 6) is 0.664. The molecule has 16 heteroatoms. The van der Waals surface area contributed by atoms with Crippen LogP contribution in [0.5, 0.6) is 0 Å². The van der Waals surface area contributed by atoms with Crippen LogP contribution in [0.4, 0.5) is 40.1 Å². The Morgan fingerprint density at radius 2 is 1.03 bits per heavy atom. The van der Waals surface area contributed by atoms with Crippen molar-refractivity contribution in [2.75, 3.05) is 60.1 Å². The van der Waals surface area contributed by atoms with Crippen molar-refractivity contribution in [3.05, 3.63) is 183 Å². The molecule has 2 aliphatic rings. The quantitative estimate of drug-likeness (QED) is 0.0986. The second kappa shape index (κ2) is 26.1. The molecule has 0 unspecified atom stereocenters. The minimum atomic E-state index is -0.261. The van der Waals surface area contributed by atoms with Crippen LogP contribution in [0.25, 0.3) is 0 Å². The third kappa shape index (κ3) is 13.3. The minimum Gasteiger partial charge on any atom is -0.408 e. The summed E-state index contributed by atoms with van der Waals surface area (Å²) in [7, 11) is 0. The van der Waals surface area contributed by atoms with Crippen molar-refractivity contribution in [1.29, 1.82) is 0 Å². The number of thiocarbonyl (C=S) groups is 1. The number of pyridine rings is 2. The summed E-state index contributed by atoms with van der Waals surface area (Å²) in [6.07, 6.45) is 6.69. The second-order valence-electron chi connectivity index (χ2n) is 16.7. The van der Waals surface area contributed by atoms with Gasteiger partial charge in [0.2, 0.25) is 17.7 Å². The van der Waals surface area contributed by atoms with Gasteiger partial charge in [-0.3, -0.25) is 47.9 Å². The number of nitrogens with zero attached hydrogens (tertiary/aromatic N) is 8. The maximum atomic E-state index is 13.5. The molecule has 378 valence electrons. The molecule has 0 aliphatic carbocycles. The van der Waals surface area contributed by atoms with E-state index in [0.29, 0.717) is 30.7 Å². The summed E-state index contributed by atoms with van der Waals surface area (Å²) in [5, 5.41) is 11.2. The van der Waals surface area contributed by atoms with Crippen LogP contribution in [-0.2, 0) is 35.3 Å². The lowest BCUT2D eigenvalue weighted by atomic mass is 10.0. The first-order valence-electron chi connectivity index (χ1n) is 23.7. The number of benzene rings is 4. The lowest BCUT2D eigenvalue weighted by Gasteiger charge is -2.28. The zero-order chi connectivity index (χ0) is 49.7. The van der Waals surface area contributed by atoms with E-state index in [1.165, 1.54) is 50.4 Å². The summed E-state index contributed by atoms with van der Waals surface area (Å²) in [5.41, 5.74) is 15.5. The summed E-state index contributed by atoms with van der Waals surface area (Å²) < 4.78 is 7.94. The zero-order valence-corrected chi connectivity index (χ0v) is 41.2. The lowest BCUT2D eigenvalue weighted by molar-refractivity contribution is -0.119. The number of aromatic nitrogens is 4. The van der Waals surface area contributed by atoms with Gasteiger partial charge in [-0.25, -0.2) is 0 Å². The van der Waals surface area contributed by atoms with Crippen LogP contribution in [-0.4, -0.2) is 85.3 Å². The van der Waals surface area contributed by atoms with Gasteiger partial charge in [-0.1, -0.05) is 108 Å². The van der Waals surface area contributed by atoms with Crippen molar-refractivity contribution < 1.29 is 14.0 Å². The van der Waals surface area contributed by atoms with Gasteiger partial charge >= 0.3 is 6.01 Å². The Kier molecular flexibility index (Phi) is 20.1. The average Bonchev–Trinajstić information content (AvgIpc) is 3.61. The monoisotopic (exact) mass is 993 g/mol. The topological polar surface area (TPSA) is 168 Å². The normalized spacial score (nSPS) is 12.1. The fraction of sp³-hybridized carbons (Fsp3) is 0.304. The lowest BCUT2D eigenvalue weighted by Crippen LogP contribution is -2.38. The van der Waals surface area contributed by atoms with E-state index >= 15 is 0 Å². The number of amides is 2. The van der Waals surface area contributed by atoms with Gasteiger partial charge in [-0.15, -0.1) is 5.10 Å². The van der Waals surface area contributed by atoms with Crippen LogP contribution in [0.3, 0.4) is 0 Å². The number of nitrogen functional groups attached to an aromatic ring is 1. The SMILES string of the molecule is C.C.CCN(CC)CC(=O)N1c2ccccc2CCc2ccc(N)cc21.CCN(CC)CC(=O)N1c2ccccc2CCc2ccc(Nc3nnc(C)o3)cc21.O=c1ccccn1C(=S)n1ccccc1=O. The first-order valence-corrected chi connectivity index (χ1v) is 24.1. The maximum Gasteiger partial charge on any atom is 0.320 e. The van der Waals surface area contributed by atoms with Crippen LogP contribution >= 0.6 is 12.2 Å². The Bertz CT molecular complexity index is 3010. The zero-order valence-electron chi connectivity index (χ0n) is 40.4. The van der Waals surface area contributed by atoms with Crippen LogP contribution in [0.15, 0.2) is 148 Å². The number of likely N-dealkylation sites (N-methyl/N-ethyl adjacent to an activating group) is 2. The van der Waals surface area contributed by atoms with Crippen molar-refractivity contribution in [1.82, 2.24) is 29.1 Å². The molecule has 72 heavy (non-hydrogen) atoms. The Morgan fingerprint density at radius 1 is 0.597 bits per heavy atom. The predicted molar refractivity (Wildman–Crippen MR) is 295 cm³/mol. The standard InChI is InChI=1S/C23H27N5O2.C20H25N3O.C11H8N2O2S.2CH4/c1-4-27(5-2)15-22(29)28-20-9-7-6-8-17(20)10-11-18-12-13-19(14-21(18)28)24-23-26-25-16(3)30-23;1-3-22(4-2)14-20(24)23-18-8-6-5-7-15(18)9-10-16-11-12-17(21)13-19(16)23;14-9-5-1-3-7-12(9)11(16)13-8-4-2-6-10(13)15;;/h6-9,12-14H,4-5,10-11,15H2,1-3H3,(H,24,26);5-8,11-13H,3-4,9-10,14,21H2,1-2H3;1-8H;2*1H4. The summed E-state index contributed by atoms with van der Waals surface area (Å²) in [6.45, 7) is 14.3. The second-order valence-corrected chi connectivity index (χ2v) is 17.1. The molecule has 9 rings (SSSR count). The number of fused-ring (bicyclic) bond motifs is 4. The number of hydrogen-bond acceptors (Lipinski definition) is 12. The van der Waals surface area contributed by atoms with Gasteiger partial charge < -0.3 is 15.5 Å². The van der Waals surface area contributed by atoms with E-state index in [1.54, 1.807) is 31.2 Å². The fourth-order valence-corrected chi connectivity index (χ4v) is 8.76. The number of anilines is 7. The molecule has 0 saturated carbocycles. The molecule has 2 aliphatic heterocycles. The van der Waals surface area contributed by atoms with E-state index in [9.17, 15) is 19.2 Å². The van der Waals surface area contributed by atoms with Crippen molar-refractivity contribution in [2.45, 2.75) is 75.2 Å². The third-order valence-electron chi connectivity index (χ3n) is 12.3. The van der Waals surface area contributed by atoms with Gasteiger partial charge in [0.1, 0.15) is 0 Å². The first kappa shape index (κ1) is 55.4. The van der Waals surface area contributed by atoms with Crippen LogP contribution in [0, 0.1) is 6.92 Å². The molecule has 0 atom stereocenters. The number of carbonyl (C=O) groups excluding carboxylic acids is 2. The molecule has 5 heterocycles. The highest BCUT2D eigenvalue weighted by atomic mass is 32.1. The molecular weight excluding hydrogens is 925 g/mol. The Balaban J connectivity index is 0.000000207. The van der Waals surface area contributed by atoms with Gasteiger partial charge in [0, 0.05) is 42.8 Å². The molecule has 0 saturated heterocycles. The van der Waals surface area contributed by atoms with E-state index in [0.717, 1.165) is 85.9 Å². The number of para-hydroxylation sites is 2. The molecule has 2 amide bonds. The van der Waals surface area contributed by atoms with E-state index in [4.69, 9.17) is 22.4 Å². The molecule has 3 aromatic heterocycles. The van der Waals surface area contributed by atoms with E-state index < -0.39 is 0 Å². The smallest absolute Gasteiger partial charge is 0.320 e. The molecule has 0 fully saturated rings. The van der Waals surface area contributed by atoms with Crippen LogP contribution < -0.4 is 32.0 Å². The molecule has 4 aromatic carbocycles. The van der Waals surface area contributed by atoms with Gasteiger partial charge in [0.25, 0.3) is 11.1 Å². The van der Waals surface area contributed by atoms with Crippen molar-refractivity contribution in [3.63, 3.8) is 0 Å². The average molecular weight is 993 g/mol. The number of nitrogens with two attached hydrogens (primary N) is 1. The summed E-state index contributed by atoms with van der Waals surface area (Å²) in [4.78, 5) is 57.7. The van der Waals surface area contributed by atoms with Crippen LogP contribution in [0.1, 0.15) is 70.7 Å². The highest BCUT2D eigenvalue weighted by molar-refractivity contribution is 7.80. The fourth-order valence-electron chi connectivity index (χ4n) is 8.45. The van der Waals surface area contributed by atoms with Gasteiger partial charge in [-0.2, -0.15) is 0 Å². The summed E-state index contributed by atoms with van der Waals surface area (Å²) in [6, 6.07) is 38.0. The van der Waals surface area contributed by atoms with Crippen LogP contribution in [0.2, 0.25) is 0 Å². The molecule has 15 nitrogen and oxygen atoms in total. The van der Waals surface area contributed by atoms with Gasteiger partial charge in [0.15, 0.2) is 5.11 Å². The summed E-state index contributed by atoms with van der Waals surface area (Å²) >= 11 is 5.09. The van der Waals surface area contributed by atoms with Crippen molar-refractivity contribution >= 4 is 69.3 Å². The maximum absolute atomic E-state index is 13.5. The first-order chi connectivity index (χ1) is 33.9. The largest absolute Gasteiger partial charge is 0.408 e. The van der Waals surface area contributed by atoms with E-state index in [2.05, 4.69) is 71.2 Å². The van der Waals surface area contributed by atoms with Gasteiger partial charge in [0.05, 0.1) is 35.8 Å². The molecule has 7 aromatic rings. The van der Waals surface area contributed by atoms with Crippen molar-refractivity contribution in [2.24, 2.45) is 0 Å². The minimum absolute atomic E-state index is 0. The number of carbonyl (C=O) groups is 2. The molecule has 0 spiro atoms. The Hall–Kier alpha value is -7.53. The predicted octanol–water partition coefficient (Wildman–Crippen LogP) is 9.56. The molecular formula is C56H68N10O5S. The molecule has 3 N–H and O–H groups in total. The number of aryl methyl sites for hydroxylation is 5. The van der Waals surface area contributed by atoms with E-state index in [1.807, 2.05) is 76.5 Å². The van der Waals surface area contributed by atoms with Gasteiger partial charge in [-0.05, 0) is 135 Å². The Labute approximate surface area is 428 Å². The van der Waals surface area contributed by atoms with Crippen molar-refractivity contribution in [3.8, 4) is 0 Å². The number of hydrogen-bond donors (Lipinski definition) is 2. The highest BCUT2D eigenvalue weighted by Gasteiger charge is 2.28. The number of nitrogens with one attached hydrogen (secondary N) is 1. The Morgan fingerprint density at radius 3 is 1.47 bits per heavy atom. The van der Waals surface area contributed by atoms with E-state index in [-0.39, 0.29) is 42.9 Å². The molecule has 0 radical (unpaired) electrons. The number of rotatable bonds is 10. The molecule has 0 bridgehead atoms. The highest BCUT2D eigenvalue weighted by Crippen LogP contribution is 2.39. The third-order valence-corrected chi connectivity index (χ3v) is 12.7.